The predicted octanol–water partition coefficient (Wildman–Crippen LogP) is 9.41. The average molecular weight is 703 g/mol. The summed E-state index contributed by atoms with van der Waals surface area (Å²) < 4.78 is 30.9. The van der Waals surface area contributed by atoms with Crippen LogP contribution in [-0.4, -0.2) is 64.6 Å². The lowest BCUT2D eigenvalue weighted by atomic mass is 9.94. The van der Waals surface area contributed by atoms with E-state index in [1.807, 2.05) is 20.8 Å². The van der Waals surface area contributed by atoms with Crippen LogP contribution in [0.1, 0.15) is 145 Å². The highest BCUT2D eigenvalue weighted by Crippen LogP contribution is 2.33. The molecule has 276 valence electrons. The predicted molar refractivity (Wildman–Crippen MR) is 194 cm³/mol. The largest absolute Gasteiger partial charge is 0.501 e. The van der Waals surface area contributed by atoms with Crippen LogP contribution in [-0.2, 0) is 37.1 Å². The van der Waals surface area contributed by atoms with Crippen molar-refractivity contribution in [1.82, 2.24) is 0 Å². The number of ether oxygens (including phenoxy) is 2. The Hall–Kier alpha value is -0.943. The zero-order chi connectivity index (χ0) is 35.1. The fourth-order valence-electron chi connectivity index (χ4n) is 5.64. The average Bonchev–Trinajstić information content (AvgIpc) is 3.07. The van der Waals surface area contributed by atoms with Gasteiger partial charge >= 0.3 is 20.7 Å². The molecule has 1 rings (SSSR count). The van der Waals surface area contributed by atoms with E-state index in [4.69, 9.17) is 22.8 Å². The Morgan fingerprint density at radius 2 is 1.26 bits per heavy atom. The highest BCUT2D eigenvalue weighted by molar-refractivity contribution is 8.13. The van der Waals surface area contributed by atoms with Crippen molar-refractivity contribution in [2.75, 3.05) is 38.8 Å². The van der Waals surface area contributed by atoms with Crippen LogP contribution < -0.4 is 0 Å². The molecule has 0 N–H and O–H groups in total. The fraction of sp³-hybridized carbons (Fsp3) is 0.919. The van der Waals surface area contributed by atoms with Crippen molar-refractivity contribution in [2.24, 2.45) is 29.1 Å². The van der Waals surface area contributed by atoms with Crippen LogP contribution in [0.3, 0.4) is 0 Å². The molecule has 10 heteroatoms. The van der Waals surface area contributed by atoms with Gasteiger partial charge in [0.25, 0.3) is 0 Å². The zero-order valence-electron chi connectivity index (χ0n) is 31.3. The second kappa shape index (κ2) is 25.1. The molecule has 0 radical (unpaired) electrons. The lowest BCUT2D eigenvalue weighted by Gasteiger charge is -2.42. The SMILES string of the molecule is CCCCC(CC)C(=O)OCC(C)CCO[Si]1(CCCSC(=O)C(CC)CCCC)OCC(C)(COC(=O)C(CC)CCCC)CO1. The van der Waals surface area contributed by atoms with Gasteiger partial charge in [-0.05, 0) is 57.3 Å². The normalized spacial score (nSPS) is 22.3. The number of carbonyl (C=O) groups excluding carboxylic acids is 3. The van der Waals surface area contributed by atoms with Gasteiger partial charge in [-0.2, -0.15) is 0 Å². The van der Waals surface area contributed by atoms with E-state index in [2.05, 4.69) is 34.6 Å². The summed E-state index contributed by atoms with van der Waals surface area (Å²) >= 11 is 1.43. The third-order valence-corrected chi connectivity index (χ3v) is 13.2. The topological polar surface area (TPSA) is 97.4 Å². The second-order valence-corrected chi connectivity index (χ2v) is 17.9. The van der Waals surface area contributed by atoms with Crippen molar-refractivity contribution < 1.29 is 37.1 Å². The number of hydrogen-bond donors (Lipinski definition) is 0. The van der Waals surface area contributed by atoms with Gasteiger partial charge in [-0.3, -0.25) is 14.4 Å². The Kier molecular flexibility index (Phi) is 23.5. The van der Waals surface area contributed by atoms with Gasteiger partial charge in [0.1, 0.15) is 6.61 Å². The maximum absolute atomic E-state index is 12.8. The van der Waals surface area contributed by atoms with Crippen molar-refractivity contribution in [2.45, 2.75) is 151 Å². The molecule has 1 saturated heterocycles. The van der Waals surface area contributed by atoms with E-state index in [9.17, 15) is 14.4 Å². The third-order valence-electron chi connectivity index (χ3n) is 9.36. The molecule has 0 aromatic rings. The minimum Gasteiger partial charge on any atom is -0.465 e. The smallest absolute Gasteiger partial charge is 0.465 e. The highest BCUT2D eigenvalue weighted by atomic mass is 32.2. The molecule has 0 aliphatic carbocycles. The van der Waals surface area contributed by atoms with Gasteiger partial charge in [-0.1, -0.05) is 106 Å². The van der Waals surface area contributed by atoms with Gasteiger partial charge in [0.05, 0.1) is 18.4 Å². The van der Waals surface area contributed by atoms with Gasteiger partial charge in [-0.25, -0.2) is 0 Å². The summed E-state index contributed by atoms with van der Waals surface area (Å²) in [7, 11) is -3.03. The molecule has 1 fully saturated rings. The van der Waals surface area contributed by atoms with E-state index >= 15 is 0 Å². The van der Waals surface area contributed by atoms with E-state index in [1.165, 1.54) is 11.8 Å². The molecule has 0 amide bonds. The Morgan fingerprint density at radius 3 is 1.77 bits per heavy atom. The number of hydrogen-bond acceptors (Lipinski definition) is 9. The summed E-state index contributed by atoms with van der Waals surface area (Å²) in [5.41, 5.74) is -0.452. The molecule has 4 atom stereocenters. The molecule has 0 spiro atoms. The molecule has 0 aromatic heterocycles. The molecule has 8 nitrogen and oxygen atoms in total. The maximum Gasteiger partial charge on any atom is 0.501 e. The van der Waals surface area contributed by atoms with Crippen molar-refractivity contribution in [3.8, 4) is 0 Å². The standard InChI is InChI=1S/C37H70O8SSi/c1-9-15-19-31(12-4)34(38)41-26-30(7)22-23-43-47(25-18-24-46-36(40)33(14-6)21-17-11-3)44-28-37(8,29-45-47)27-42-35(39)32(13-5)20-16-10-2/h30-33H,9-29H2,1-8H3. The summed E-state index contributed by atoms with van der Waals surface area (Å²) in [5.74, 6) is 0.645. The van der Waals surface area contributed by atoms with E-state index in [1.54, 1.807) is 0 Å². The van der Waals surface area contributed by atoms with Crippen LogP contribution in [0.2, 0.25) is 6.04 Å². The lowest BCUT2D eigenvalue weighted by molar-refractivity contribution is -0.157. The summed E-state index contributed by atoms with van der Waals surface area (Å²) in [6, 6.07) is 0.628. The quantitative estimate of drug-likeness (QED) is 0.0471. The Morgan fingerprint density at radius 1 is 0.745 bits per heavy atom. The monoisotopic (exact) mass is 702 g/mol. The van der Waals surface area contributed by atoms with Crippen LogP contribution in [0.5, 0.6) is 0 Å². The van der Waals surface area contributed by atoms with Gasteiger partial charge < -0.3 is 22.8 Å². The molecule has 1 aliphatic rings. The number of carbonyl (C=O) groups is 3. The minimum absolute atomic E-state index is 0.0279. The minimum atomic E-state index is -3.03. The van der Waals surface area contributed by atoms with Crippen LogP contribution in [0, 0.1) is 29.1 Å². The first-order valence-corrected chi connectivity index (χ1v) is 21.9. The van der Waals surface area contributed by atoms with Crippen LogP contribution in [0.4, 0.5) is 0 Å². The third kappa shape index (κ3) is 17.5. The van der Waals surface area contributed by atoms with Crippen LogP contribution >= 0.6 is 11.8 Å². The molecular formula is C37H70O8SSi. The van der Waals surface area contributed by atoms with E-state index in [0.29, 0.717) is 44.6 Å². The number of esters is 2. The van der Waals surface area contributed by atoms with Gasteiger partial charge in [0.15, 0.2) is 5.12 Å². The van der Waals surface area contributed by atoms with Crippen molar-refractivity contribution in [3.63, 3.8) is 0 Å². The lowest BCUT2D eigenvalue weighted by Crippen LogP contribution is -2.56. The molecule has 0 aromatic carbocycles. The Balaban J connectivity index is 2.76. The second-order valence-electron chi connectivity index (χ2n) is 14.1. The summed E-state index contributed by atoms with van der Waals surface area (Å²) in [5, 5.41) is 0.283. The van der Waals surface area contributed by atoms with E-state index in [0.717, 1.165) is 83.5 Å². The first-order chi connectivity index (χ1) is 22.5. The number of unbranched alkanes of at least 4 members (excludes halogenated alkanes) is 3. The summed E-state index contributed by atoms with van der Waals surface area (Å²) in [6.07, 6.45) is 13.0. The molecule has 0 saturated carbocycles. The molecular weight excluding hydrogens is 633 g/mol. The highest BCUT2D eigenvalue weighted by Gasteiger charge is 2.49. The summed E-state index contributed by atoms with van der Waals surface area (Å²) in [6.45, 7) is 18.5. The zero-order valence-corrected chi connectivity index (χ0v) is 33.1. The van der Waals surface area contributed by atoms with Gasteiger partial charge in [0, 0.05) is 43.0 Å². The Labute approximate surface area is 293 Å². The van der Waals surface area contributed by atoms with Gasteiger partial charge in [0.2, 0.25) is 0 Å². The van der Waals surface area contributed by atoms with Crippen LogP contribution in [0.15, 0.2) is 0 Å². The van der Waals surface area contributed by atoms with E-state index in [-0.39, 0.29) is 47.3 Å². The number of rotatable bonds is 27. The number of thioether (sulfide) groups is 1. The maximum atomic E-state index is 12.8. The molecule has 1 aliphatic heterocycles. The Bertz CT molecular complexity index is 863. The molecule has 1 heterocycles. The molecule has 0 bridgehead atoms. The van der Waals surface area contributed by atoms with Crippen molar-refractivity contribution in [3.05, 3.63) is 0 Å². The first-order valence-electron chi connectivity index (χ1n) is 18.9. The van der Waals surface area contributed by atoms with Crippen LogP contribution in [0.25, 0.3) is 0 Å². The van der Waals surface area contributed by atoms with Crippen molar-refractivity contribution >= 4 is 37.6 Å². The first kappa shape index (κ1) is 44.1. The van der Waals surface area contributed by atoms with Crippen molar-refractivity contribution in [1.29, 1.82) is 0 Å². The molecule has 47 heavy (non-hydrogen) atoms. The summed E-state index contributed by atoms with van der Waals surface area (Å²) in [4.78, 5) is 38.2. The van der Waals surface area contributed by atoms with E-state index < -0.39 is 14.2 Å². The van der Waals surface area contributed by atoms with Gasteiger partial charge in [-0.15, -0.1) is 0 Å². The fourth-order valence-corrected chi connectivity index (χ4v) is 9.76. The molecule has 4 unspecified atom stereocenters.